The molecular formula is C16H25Cl2N3O. The Hall–Kier alpha value is -0.520. The van der Waals surface area contributed by atoms with Gasteiger partial charge in [0.2, 0.25) is 0 Å². The molecule has 1 heterocycles. The molecule has 1 aromatic carbocycles. The lowest BCUT2D eigenvalue weighted by Gasteiger charge is -2.37. The van der Waals surface area contributed by atoms with Gasteiger partial charge in [-0.2, -0.15) is 0 Å². The summed E-state index contributed by atoms with van der Waals surface area (Å²) < 4.78 is 5.63. The van der Waals surface area contributed by atoms with Crippen molar-refractivity contribution in [2.75, 3.05) is 46.4 Å². The molecule has 22 heavy (non-hydrogen) atoms. The van der Waals surface area contributed by atoms with Crippen molar-refractivity contribution in [1.29, 1.82) is 0 Å². The third-order valence-electron chi connectivity index (χ3n) is 4.06. The summed E-state index contributed by atoms with van der Waals surface area (Å²) in [6, 6.07) is 4.02. The van der Waals surface area contributed by atoms with Crippen LogP contribution in [0.3, 0.4) is 0 Å². The minimum atomic E-state index is 0.143. The van der Waals surface area contributed by atoms with E-state index in [1.165, 1.54) is 0 Å². The minimum absolute atomic E-state index is 0.143. The SMILES string of the molecule is CCCOc1c(Cl)cc(C(CN)N2CCN(C)CC2)cc1Cl. The van der Waals surface area contributed by atoms with Gasteiger partial charge >= 0.3 is 0 Å². The van der Waals surface area contributed by atoms with Crippen molar-refractivity contribution in [1.82, 2.24) is 9.80 Å². The molecule has 1 atom stereocenters. The lowest BCUT2D eigenvalue weighted by Crippen LogP contribution is -2.47. The molecule has 2 N–H and O–H groups in total. The zero-order chi connectivity index (χ0) is 16.1. The van der Waals surface area contributed by atoms with Gasteiger partial charge in [-0.25, -0.2) is 0 Å². The predicted octanol–water partition coefficient (Wildman–Crippen LogP) is 3.03. The van der Waals surface area contributed by atoms with Gasteiger partial charge in [0.25, 0.3) is 0 Å². The summed E-state index contributed by atoms with van der Waals surface area (Å²) in [5, 5.41) is 1.12. The van der Waals surface area contributed by atoms with Crippen LogP contribution in [-0.4, -0.2) is 56.2 Å². The smallest absolute Gasteiger partial charge is 0.156 e. The lowest BCUT2D eigenvalue weighted by atomic mass is 10.0. The number of hydrogen-bond acceptors (Lipinski definition) is 4. The molecule has 1 aromatic rings. The second kappa shape index (κ2) is 8.37. The van der Waals surface area contributed by atoms with Crippen molar-refractivity contribution >= 4 is 23.2 Å². The van der Waals surface area contributed by atoms with Crippen LogP contribution in [0.25, 0.3) is 0 Å². The van der Waals surface area contributed by atoms with Gasteiger partial charge in [0.1, 0.15) is 0 Å². The molecule has 0 aromatic heterocycles. The van der Waals surface area contributed by atoms with Crippen LogP contribution in [0.1, 0.15) is 24.9 Å². The normalized spacial score (nSPS) is 18.4. The van der Waals surface area contributed by atoms with Crippen LogP contribution in [0.4, 0.5) is 0 Å². The van der Waals surface area contributed by atoms with Crippen molar-refractivity contribution in [2.24, 2.45) is 5.73 Å². The van der Waals surface area contributed by atoms with Gasteiger partial charge in [-0.3, -0.25) is 4.90 Å². The van der Waals surface area contributed by atoms with E-state index in [-0.39, 0.29) is 6.04 Å². The van der Waals surface area contributed by atoms with E-state index in [9.17, 15) is 0 Å². The molecule has 0 spiro atoms. The van der Waals surface area contributed by atoms with Crippen molar-refractivity contribution in [2.45, 2.75) is 19.4 Å². The largest absolute Gasteiger partial charge is 0.490 e. The number of hydrogen-bond donors (Lipinski definition) is 1. The first-order valence-corrected chi connectivity index (χ1v) is 8.56. The Labute approximate surface area is 143 Å². The second-order valence-electron chi connectivity index (χ2n) is 5.75. The first-order valence-electron chi connectivity index (χ1n) is 7.81. The fourth-order valence-corrected chi connectivity index (χ4v) is 3.36. The first-order chi connectivity index (χ1) is 10.6. The van der Waals surface area contributed by atoms with Gasteiger partial charge in [-0.15, -0.1) is 0 Å². The molecule has 0 amide bonds. The zero-order valence-corrected chi connectivity index (χ0v) is 14.8. The van der Waals surface area contributed by atoms with E-state index in [0.717, 1.165) is 38.2 Å². The minimum Gasteiger partial charge on any atom is -0.490 e. The third-order valence-corrected chi connectivity index (χ3v) is 4.62. The fraction of sp³-hybridized carbons (Fsp3) is 0.625. The molecule has 1 saturated heterocycles. The Morgan fingerprint density at radius 3 is 2.27 bits per heavy atom. The van der Waals surface area contributed by atoms with Gasteiger partial charge in [0, 0.05) is 38.8 Å². The average molecular weight is 346 g/mol. The van der Waals surface area contributed by atoms with Gasteiger partial charge in [-0.1, -0.05) is 30.1 Å². The van der Waals surface area contributed by atoms with Crippen LogP contribution < -0.4 is 10.5 Å². The van der Waals surface area contributed by atoms with Gasteiger partial charge in [-0.05, 0) is 31.2 Å². The van der Waals surface area contributed by atoms with Crippen LogP contribution in [0.2, 0.25) is 10.0 Å². The Kier molecular flexibility index (Phi) is 6.78. The number of halogens is 2. The molecule has 4 nitrogen and oxygen atoms in total. The summed E-state index contributed by atoms with van der Waals surface area (Å²) in [5.41, 5.74) is 7.08. The Balaban J connectivity index is 2.19. The van der Waals surface area contributed by atoms with Crippen LogP contribution >= 0.6 is 23.2 Å². The second-order valence-corrected chi connectivity index (χ2v) is 6.57. The third kappa shape index (κ3) is 4.27. The zero-order valence-electron chi connectivity index (χ0n) is 13.3. The molecule has 6 heteroatoms. The number of nitrogens with zero attached hydrogens (tertiary/aromatic N) is 2. The highest BCUT2D eigenvalue weighted by atomic mass is 35.5. The summed E-state index contributed by atoms with van der Waals surface area (Å²) in [5.74, 6) is 0.572. The Bertz CT molecular complexity index is 467. The molecule has 124 valence electrons. The summed E-state index contributed by atoms with van der Waals surface area (Å²) >= 11 is 12.7. The van der Waals surface area contributed by atoms with Crippen molar-refractivity contribution in [3.05, 3.63) is 27.7 Å². The van der Waals surface area contributed by atoms with E-state index < -0.39 is 0 Å². The molecule has 1 unspecified atom stereocenters. The monoisotopic (exact) mass is 345 g/mol. The Morgan fingerprint density at radius 1 is 1.18 bits per heavy atom. The summed E-state index contributed by atoms with van der Waals surface area (Å²) in [4.78, 5) is 4.72. The highest BCUT2D eigenvalue weighted by Crippen LogP contribution is 2.37. The number of benzene rings is 1. The predicted molar refractivity (Wildman–Crippen MR) is 93.1 cm³/mol. The van der Waals surface area contributed by atoms with Crippen molar-refractivity contribution in [3.8, 4) is 5.75 Å². The van der Waals surface area contributed by atoms with Crippen LogP contribution in [0, 0.1) is 0 Å². The fourth-order valence-electron chi connectivity index (χ4n) is 2.74. The van der Waals surface area contributed by atoms with Gasteiger partial charge in [0.15, 0.2) is 5.75 Å². The molecule has 1 aliphatic rings. The molecule has 1 aliphatic heterocycles. The van der Waals surface area contributed by atoms with Crippen molar-refractivity contribution in [3.63, 3.8) is 0 Å². The molecule has 1 fully saturated rings. The van der Waals surface area contributed by atoms with Crippen LogP contribution in [-0.2, 0) is 0 Å². The molecule has 0 aliphatic carbocycles. The van der Waals surface area contributed by atoms with Crippen LogP contribution in [0.15, 0.2) is 12.1 Å². The number of nitrogens with two attached hydrogens (primary N) is 1. The molecule has 0 saturated carbocycles. The van der Waals surface area contributed by atoms with E-state index in [2.05, 4.69) is 16.8 Å². The van der Waals surface area contributed by atoms with Gasteiger partial charge < -0.3 is 15.4 Å². The quantitative estimate of drug-likeness (QED) is 0.860. The van der Waals surface area contributed by atoms with E-state index in [4.69, 9.17) is 33.7 Å². The lowest BCUT2D eigenvalue weighted by molar-refractivity contribution is 0.114. The maximum Gasteiger partial charge on any atom is 0.156 e. The summed E-state index contributed by atoms with van der Waals surface area (Å²) in [6.07, 6.45) is 0.918. The highest BCUT2D eigenvalue weighted by Gasteiger charge is 2.24. The number of rotatable bonds is 6. The van der Waals surface area contributed by atoms with Crippen LogP contribution in [0.5, 0.6) is 5.75 Å². The maximum absolute atomic E-state index is 6.36. The van der Waals surface area contributed by atoms with E-state index in [1.807, 2.05) is 19.1 Å². The number of ether oxygens (including phenoxy) is 1. The standard InChI is InChI=1S/C16H25Cl2N3O/c1-3-8-22-16-13(17)9-12(10-14(16)18)15(11-19)21-6-4-20(2)5-7-21/h9-10,15H,3-8,11,19H2,1-2H3. The molecule has 2 rings (SSSR count). The topological polar surface area (TPSA) is 41.7 Å². The summed E-state index contributed by atoms with van der Waals surface area (Å²) in [6.45, 7) is 7.31. The number of likely N-dealkylation sites (N-methyl/N-ethyl adjacent to an activating group) is 1. The van der Waals surface area contributed by atoms with Crippen molar-refractivity contribution < 1.29 is 4.74 Å². The molecular weight excluding hydrogens is 321 g/mol. The van der Waals surface area contributed by atoms with E-state index >= 15 is 0 Å². The van der Waals surface area contributed by atoms with E-state index in [0.29, 0.717) is 28.9 Å². The first kappa shape index (κ1) is 17.8. The van der Waals surface area contributed by atoms with Gasteiger partial charge in [0.05, 0.1) is 16.7 Å². The summed E-state index contributed by atoms with van der Waals surface area (Å²) in [7, 11) is 2.14. The Morgan fingerprint density at radius 2 is 1.77 bits per heavy atom. The molecule has 0 radical (unpaired) electrons. The highest BCUT2D eigenvalue weighted by molar-refractivity contribution is 6.37. The number of piperazine rings is 1. The maximum atomic E-state index is 6.36. The average Bonchev–Trinajstić information content (AvgIpc) is 2.49. The molecule has 0 bridgehead atoms. The van der Waals surface area contributed by atoms with E-state index in [1.54, 1.807) is 0 Å².